The van der Waals surface area contributed by atoms with Crippen molar-refractivity contribution >= 4 is 0 Å². The molecule has 0 radical (unpaired) electrons. The van der Waals surface area contributed by atoms with Gasteiger partial charge in [-0.15, -0.1) is 0 Å². The van der Waals surface area contributed by atoms with Crippen LogP contribution in [-0.2, 0) is 6.42 Å². The first-order valence-corrected chi connectivity index (χ1v) is 5.58. The predicted octanol–water partition coefficient (Wildman–Crippen LogP) is 2.71. The number of fused-ring (bicyclic) bond motifs is 1. The first kappa shape index (κ1) is 9.72. The third-order valence-corrected chi connectivity index (χ3v) is 3.03. The van der Waals surface area contributed by atoms with Crippen molar-refractivity contribution in [3.8, 4) is 0 Å². The largest absolute Gasteiger partial charge is 0.314 e. The van der Waals surface area contributed by atoms with E-state index in [9.17, 15) is 0 Å². The average Bonchev–Trinajstić information content (AvgIpc) is 2.58. The molecule has 1 aromatic carbocycles. The van der Waals surface area contributed by atoms with Gasteiger partial charge in [-0.2, -0.15) is 0 Å². The molecule has 14 heavy (non-hydrogen) atoms. The third-order valence-electron chi connectivity index (χ3n) is 3.03. The van der Waals surface area contributed by atoms with Crippen LogP contribution in [0.3, 0.4) is 0 Å². The second kappa shape index (κ2) is 4.14. The van der Waals surface area contributed by atoms with Crippen LogP contribution >= 0.6 is 0 Å². The Hall–Kier alpha value is -0.820. The fraction of sp³-hybridized carbons (Fsp3) is 0.538. The highest BCUT2D eigenvalue weighted by molar-refractivity contribution is 5.34. The van der Waals surface area contributed by atoms with Crippen molar-refractivity contribution in [2.24, 2.45) is 0 Å². The highest BCUT2D eigenvalue weighted by Crippen LogP contribution is 2.32. The molecule has 1 aliphatic rings. The standard InChI is InChI=1S/C13H19N/c1-10(2)14-9-12-8-7-11-5-3-4-6-13(11)12/h3-6,10,12,14H,7-9H2,1-2H3. The molecule has 1 atom stereocenters. The smallest absolute Gasteiger partial charge is 0.00227 e. The summed E-state index contributed by atoms with van der Waals surface area (Å²) in [6.45, 7) is 5.55. The van der Waals surface area contributed by atoms with Gasteiger partial charge in [-0.25, -0.2) is 0 Å². The molecule has 1 heteroatoms. The van der Waals surface area contributed by atoms with Crippen LogP contribution in [-0.4, -0.2) is 12.6 Å². The first-order chi connectivity index (χ1) is 6.77. The highest BCUT2D eigenvalue weighted by atomic mass is 14.9. The molecule has 1 aromatic rings. The number of hydrogen-bond acceptors (Lipinski definition) is 1. The zero-order valence-corrected chi connectivity index (χ0v) is 9.09. The van der Waals surface area contributed by atoms with E-state index in [0.717, 1.165) is 12.5 Å². The van der Waals surface area contributed by atoms with Crippen molar-refractivity contribution < 1.29 is 0 Å². The Balaban J connectivity index is 2.03. The van der Waals surface area contributed by atoms with E-state index in [1.165, 1.54) is 12.8 Å². The number of rotatable bonds is 3. The fourth-order valence-corrected chi connectivity index (χ4v) is 2.24. The topological polar surface area (TPSA) is 12.0 Å². The van der Waals surface area contributed by atoms with Crippen LogP contribution in [0.25, 0.3) is 0 Å². The summed E-state index contributed by atoms with van der Waals surface area (Å²) in [7, 11) is 0. The van der Waals surface area contributed by atoms with Crippen molar-refractivity contribution in [2.75, 3.05) is 6.54 Å². The average molecular weight is 189 g/mol. The minimum Gasteiger partial charge on any atom is -0.314 e. The molecule has 0 aromatic heterocycles. The first-order valence-electron chi connectivity index (χ1n) is 5.58. The van der Waals surface area contributed by atoms with Crippen LogP contribution in [0.1, 0.15) is 37.3 Å². The molecule has 1 aliphatic carbocycles. The Bertz CT molecular complexity index is 304. The second-order valence-electron chi connectivity index (χ2n) is 4.50. The zero-order chi connectivity index (χ0) is 9.97. The number of hydrogen-bond donors (Lipinski definition) is 1. The van der Waals surface area contributed by atoms with Crippen LogP contribution < -0.4 is 5.32 Å². The highest BCUT2D eigenvalue weighted by Gasteiger charge is 2.21. The van der Waals surface area contributed by atoms with Crippen molar-refractivity contribution in [2.45, 2.75) is 38.6 Å². The van der Waals surface area contributed by atoms with Gasteiger partial charge in [0.25, 0.3) is 0 Å². The van der Waals surface area contributed by atoms with E-state index in [2.05, 4.69) is 43.4 Å². The lowest BCUT2D eigenvalue weighted by Gasteiger charge is -2.14. The van der Waals surface area contributed by atoms with Crippen LogP contribution in [0, 0.1) is 0 Å². The molecule has 76 valence electrons. The lowest BCUT2D eigenvalue weighted by Crippen LogP contribution is -2.27. The summed E-state index contributed by atoms with van der Waals surface area (Å²) in [4.78, 5) is 0. The van der Waals surface area contributed by atoms with Gasteiger partial charge in [-0.3, -0.25) is 0 Å². The molecular weight excluding hydrogens is 170 g/mol. The minimum atomic E-state index is 0.600. The van der Waals surface area contributed by atoms with E-state index in [1.54, 1.807) is 11.1 Å². The molecule has 0 saturated carbocycles. The van der Waals surface area contributed by atoms with E-state index in [4.69, 9.17) is 0 Å². The molecule has 1 N–H and O–H groups in total. The van der Waals surface area contributed by atoms with Gasteiger partial charge >= 0.3 is 0 Å². The molecule has 2 rings (SSSR count). The Morgan fingerprint density at radius 3 is 2.93 bits per heavy atom. The minimum absolute atomic E-state index is 0.600. The molecular formula is C13H19N. The molecule has 0 spiro atoms. The van der Waals surface area contributed by atoms with Crippen LogP contribution in [0.4, 0.5) is 0 Å². The van der Waals surface area contributed by atoms with Crippen LogP contribution in [0.15, 0.2) is 24.3 Å². The summed E-state index contributed by atoms with van der Waals surface area (Å²) in [6.07, 6.45) is 2.58. The van der Waals surface area contributed by atoms with Crippen molar-refractivity contribution in [3.63, 3.8) is 0 Å². The monoisotopic (exact) mass is 189 g/mol. The van der Waals surface area contributed by atoms with E-state index in [0.29, 0.717) is 6.04 Å². The third kappa shape index (κ3) is 1.98. The second-order valence-corrected chi connectivity index (χ2v) is 4.50. The van der Waals surface area contributed by atoms with Gasteiger partial charge < -0.3 is 5.32 Å². The summed E-state index contributed by atoms with van der Waals surface area (Å²) in [5, 5.41) is 3.53. The maximum absolute atomic E-state index is 3.53. The number of benzene rings is 1. The van der Waals surface area contributed by atoms with Gasteiger partial charge in [0.2, 0.25) is 0 Å². The van der Waals surface area contributed by atoms with Gasteiger partial charge in [-0.05, 0) is 29.9 Å². The van der Waals surface area contributed by atoms with Crippen LogP contribution in [0.5, 0.6) is 0 Å². The Kier molecular flexibility index (Phi) is 2.87. The van der Waals surface area contributed by atoms with Gasteiger partial charge in [0, 0.05) is 12.6 Å². The maximum atomic E-state index is 3.53. The summed E-state index contributed by atoms with van der Waals surface area (Å²) in [5.41, 5.74) is 3.13. The Labute approximate surface area is 86.5 Å². The molecule has 1 nitrogen and oxygen atoms in total. The zero-order valence-electron chi connectivity index (χ0n) is 9.09. The quantitative estimate of drug-likeness (QED) is 0.771. The predicted molar refractivity (Wildman–Crippen MR) is 60.6 cm³/mol. The molecule has 0 heterocycles. The Morgan fingerprint density at radius 1 is 1.36 bits per heavy atom. The summed E-state index contributed by atoms with van der Waals surface area (Å²) in [5.74, 6) is 0.744. The molecule has 0 aliphatic heterocycles. The van der Waals surface area contributed by atoms with E-state index < -0.39 is 0 Å². The summed E-state index contributed by atoms with van der Waals surface area (Å²) in [6, 6.07) is 9.46. The van der Waals surface area contributed by atoms with Gasteiger partial charge in [0.05, 0.1) is 0 Å². The molecule has 0 saturated heterocycles. The van der Waals surface area contributed by atoms with E-state index >= 15 is 0 Å². The van der Waals surface area contributed by atoms with E-state index in [-0.39, 0.29) is 0 Å². The van der Waals surface area contributed by atoms with Crippen LogP contribution in [0.2, 0.25) is 0 Å². The van der Waals surface area contributed by atoms with Crippen molar-refractivity contribution in [1.29, 1.82) is 0 Å². The van der Waals surface area contributed by atoms with E-state index in [1.807, 2.05) is 0 Å². The number of nitrogens with one attached hydrogen (secondary N) is 1. The van der Waals surface area contributed by atoms with Gasteiger partial charge in [0.1, 0.15) is 0 Å². The molecule has 0 amide bonds. The summed E-state index contributed by atoms with van der Waals surface area (Å²) >= 11 is 0. The SMILES string of the molecule is CC(C)NCC1CCc2ccccc21. The lowest BCUT2D eigenvalue weighted by molar-refractivity contribution is 0.527. The maximum Gasteiger partial charge on any atom is 0.00227 e. The molecule has 0 fully saturated rings. The van der Waals surface area contributed by atoms with Gasteiger partial charge in [-0.1, -0.05) is 38.1 Å². The molecule has 1 unspecified atom stereocenters. The Morgan fingerprint density at radius 2 is 2.14 bits per heavy atom. The lowest BCUT2D eigenvalue weighted by atomic mass is 10.0. The summed E-state index contributed by atoms with van der Waals surface area (Å²) < 4.78 is 0. The normalized spacial score (nSPS) is 20.1. The molecule has 0 bridgehead atoms. The van der Waals surface area contributed by atoms with Crippen molar-refractivity contribution in [3.05, 3.63) is 35.4 Å². The van der Waals surface area contributed by atoms with Gasteiger partial charge in [0.15, 0.2) is 0 Å². The van der Waals surface area contributed by atoms with Crippen molar-refractivity contribution in [1.82, 2.24) is 5.32 Å². The number of aryl methyl sites for hydroxylation is 1. The fourth-order valence-electron chi connectivity index (χ4n) is 2.24.